The number of hydrogen-bond donors (Lipinski definition) is 0. The maximum atomic E-state index is 12.3. The number of amides is 2. The fourth-order valence-corrected chi connectivity index (χ4v) is 2.48. The zero-order chi connectivity index (χ0) is 14.2. The van der Waals surface area contributed by atoms with E-state index in [1.54, 1.807) is 31.2 Å². The lowest BCUT2D eigenvalue weighted by molar-refractivity contribution is -0.123. The summed E-state index contributed by atoms with van der Waals surface area (Å²) in [5, 5.41) is 0. The van der Waals surface area contributed by atoms with Crippen LogP contribution in [0, 0.1) is 5.92 Å². The van der Waals surface area contributed by atoms with Crippen molar-refractivity contribution in [2.75, 3.05) is 0 Å². The Balaban J connectivity index is 2.45. The number of carbonyl (C=O) groups is 3. The van der Waals surface area contributed by atoms with Gasteiger partial charge in [-0.3, -0.25) is 19.3 Å². The molecule has 0 aromatic heterocycles. The monoisotopic (exact) mass is 259 g/mol. The van der Waals surface area contributed by atoms with Crippen molar-refractivity contribution in [1.82, 2.24) is 4.90 Å². The predicted octanol–water partition coefficient (Wildman–Crippen LogP) is 2.29. The molecule has 1 aromatic carbocycles. The minimum absolute atomic E-state index is 0.0792. The molecule has 4 nitrogen and oxygen atoms in total. The highest BCUT2D eigenvalue weighted by atomic mass is 16.2. The van der Waals surface area contributed by atoms with E-state index in [1.807, 2.05) is 13.8 Å². The molecule has 0 bridgehead atoms. The van der Waals surface area contributed by atoms with Crippen LogP contribution in [0.15, 0.2) is 24.3 Å². The number of ketones is 1. The van der Waals surface area contributed by atoms with Crippen LogP contribution in [0.25, 0.3) is 0 Å². The summed E-state index contributed by atoms with van der Waals surface area (Å²) in [6.07, 6.45) is 0.316. The molecule has 1 aliphatic rings. The van der Waals surface area contributed by atoms with Gasteiger partial charge in [-0.15, -0.1) is 0 Å². The third kappa shape index (κ3) is 2.07. The summed E-state index contributed by atoms with van der Waals surface area (Å²) in [6, 6.07) is 6.03. The largest absolute Gasteiger partial charge is 0.297 e. The third-order valence-corrected chi connectivity index (χ3v) is 3.41. The van der Waals surface area contributed by atoms with Gasteiger partial charge < -0.3 is 0 Å². The van der Waals surface area contributed by atoms with E-state index in [0.717, 1.165) is 4.90 Å². The number of hydrogen-bond acceptors (Lipinski definition) is 3. The van der Waals surface area contributed by atoms with Crippen molar-refractivity contribution in [1.29, 1.82) is 0 Å². The van der Waals surface area contributed by atoms with Crippen LogP contribution in [-0.4, -0.2) is 28.5 Å². The van der Waals surface area contributed by atoms with Crippen molar-refractivity contribution in [3.8, 4) is 0 Å². The Bertz CT molecular complexity index is 513. The molecule has 19 heavy (non-hydrogen) atoms. The second kappa shape index (κ2) is 4.96. The lowest BCUT2D eigenvalue weighted by Gasteiger charge is -2.27. The normalized spacial score (nSPS) is 15.9. The number of nitrogens with zero attached hydrogens (tertiary/aromatic N) is 1. The molecular weight excluding hydrogens is 242 g/mol. The zero-order valence-corrected chi connectivity index (χ0v) is 11.3. The first-order valence-electron chi connectivity index (χ1n) is 6.48. The number of rotatable bonds is 4. The van der Waals surface area contributed by atoms with Gasteiger partial charge in [0, 0.05) is 6.42 Å². The van der Waals surface area contributed by atoms with Gasteiger partial charge in [-0.2, -0.15) is 0 Å². The van der Waals surface area contributed by atoms with Crippen LogP contribution in [0.5, 0.6) is 0 Å². The molecule has 0 aliphatic carbocycles. The molecule has 0 N–H and O–H groups in total. The topological polar surface area (TPSA) is 54.5 Å². The summed E-state index contributed by atoms with van der Waals surface area (Å²) in [6.45, 7) is 5.44. The Morgan fingerprint density at radius 2 is 1.58 bits per heavy atom. The number of fused-ring (bicyclic) bond motifs is 1. The van der Waals surface area contributed by atoms with Crippen LogP contribution in [0.1, 0.15) is 47.9 Å². The Hall–Kier alpha value is -1.97. The highest BCUT2D eigenvalue weighted by molar-refractivity contribution is 6.22. The van der Waals surface area contributed by atoms with Crippen LogP contribution < -0.4 is 0 Å². The molecule has 1 unspecified atom stereocenters. The SMILES string of the molecule is CCC(=O)C(C(C)C)N1C(=O)c2ccccc2C1=O. The van der Waals surface area contributed by atoms with Crippen molar-refractivity contribution >= 4 is 17.6 Å². The standard InChI is InChI=1S/C15H17NO3/c1-4-12(17)13(9(2)3)16-14(18)10-7-5-6-8-11(10)15(16)19/h5-9,13H,4H2,1-3H3. The molecular formula is C15H17NO3. The summed E-state index contributed by atoms with van der Waals surface area (Å²) >= 11 is 0. The molecule has 0 saturated heterocycles. The van der Waals surface area contributed by atoms with Crippen LogP contribution in [0.2, 0.25) is 0 Å². The quantitative estimate of drug-likeness (QED) is 0.779. The molecule has 1 heterocycles. The fourth-order valence-electron chi connectivity index (χ4n) is 2.48. The highest BCUT2D eigenvalue weighted by Crippen LogP contribution is 2.27. The second-order valence-electron chi connectivity index (χ2n) is 5.03. The molecule has 1 aliphatic heterocycles. The van der Waals surface area contributed by atoms with Crippen molar-refractivity contribution in [3.63, 3.8) is 0 Å². The summed E-state index contributed by atoms with van der Waals surface area (Å²) in [7, 11) is 0. The van der Waals surface area contributed by atoms with Gasteiger partial charge in [-0.25, -0.2) is 0 Å². The Labute approximate surface area is 112 Å². The van der Waals surface area contributed by atoms with E-state index in [0.29, 0.717) is 17.5 Å². The van der Waals surface area contributed by atoms with E-state index < -0.39 is 6.04 Å². The van der Waals surface area contributed by atoms with Gasteiger partial charge in [0.2, 0.25) is 0 Å². The second-order valence-corrected chi connectivity index (χ2v) is 5.03. The molecule has 1 aromatic rings. The number of Topliss-reactive ketones (excluding diaryl/α,β-unsaturated/α-hetero) is 1. The van der Waals surface area contributed by atoms with Gasteiger partial charge in [0.1, 0.15) is 6.04 Å². The molecule has 0 radical (unpaired) electrons. The van der Waals surface area contributed by atoms with Gasteiger partial charge in [0.25, 0.3) is 11.8 Å². The summed E-state index contributed by atoms with van der Waals surface area (Å²) in [5.74, 6) is -0.888. The molecule has 2 amide bonds. The van der Waals surface area contributed by atoms with Gasteiger partial charge in [0.15, 0.2) is 5.78 Å². The Kier molecular flexibility index (Phi) is 3.51. The number of imide groups is 1. The first kappa shape index (κ1) is 13.5. The van der Waals surface area contributed by atoms with E-state index in [4.69, 9.17) is 0 Å². The van der Waals surface area contributed by atoms with Crippen LogP contribution >= 0.6 is 0 Å². The van der Waals surface area contributed by atoms with E-state index in [2.05, 4.69) is 0 Å². The molecule has 1 atom stereocenters. The first-order chi connectivity index (χ1) is 8.99. The summed E-state index contributed by atoms with van der Waals surface area (Å²) in [4.78, 5) is 37.8. The van der Waals surface area contributed by atoms with Gasteiger partial charge in [-0.1, -0.05) is 32.9 Å². The molecule has 4 heteroatoms. The lowest BCUT2D eigenvalue weighted by atomic mass is 9.96. The average Bonchev–Trinajstić information content (AvgIpc) is 2.64. The van der Waals surface area contributed by atoms with Crippen LogP contribution in [0.4, 0.5) is 0 Å². The molecule has 0 saturated carbocycles. The van der Waals surface area contributed by atoms with E-state index in [9.17, 15) is 14.4 Å². The molecule has 100 valence electrons. The van der Waals surface area contributed by atoms with Gasteiger partial charge in [0.05, 0.1) is 11.1 Å². The van der Waals surface area contributed by atoms with Gasteiger partial charge in [-0.05, 0) is 18.1 Å². The predicted molar refractivity (Wildman–Crippen MR) is 70.9 cm³/mol. The minimum Gasteiger partial charge on any atom is -0.297 e. The molecule has 0 fully saturated rings. The van der Waals surface area contributed by atoms with Crippen molar-refractivity contribution in [3.05, 3.63) is 35.4 Å². The van der Waals surface area contributed by atoms with E-state index in [-0.39, 0.29) is 23.5 Å². The van der Waals surface area contributed by atoms with Crippen molar-refractivity contribution in [2.45, 2.75) is 33.2 Å². The first-order valence-corrected chi connectivity index (χ1v) is 6.48. The van der Waals surface area contributed by atoms with Crippen molar-refractivity contribution in [2.24, 2.45) is 5.92 Å². The minimum atomic E-state index is -0.669. The Morgan fingerprint density at radius 1 is 1.11 bits per heavy atom. The van der Waals surface area contributed by atoms with Crippen LogP contribution in [0.3, 0.4) is 0 Å². The third-order valence-electron chi connectivity index (χ3n) is 3.41. The van der Waals surface area contributed by atoms with Crippen molar-refractivity contribution < 1.29 is 14.4 Å². The molecule has 2 rings (SSSR count). The maximum Gasteiger partial charge on any atom is 0.262 e. The van der Waals surface area contributed by atoms with E-state index in [1.165, 1.54) is 0 Å². The Morgan fingerprint density at radius 3 is 1.95 bits per heavy atom. The molecule has 0 spiro atoms. The number of carbonyl (C=O) groups excluding carboxylic acids is 3. The summed E-state index contributed by atoms with van der Waals surface area (Å²) in [5.41, 5.74) is 0.782. The average molecular weight is 259 g/mol. The maximum absolute atomic E-state index is 12.3. The lowest BCUT2D eigenvalue weighted by Crippen LogP contribution is -2.47. The summed E-state index contributed by atoms with van der Waals surface area (Å²) < 4.78 is 0. The highest BCUT2D eigenvalue weighted by Gasteiger charge is 2.43. The zero-order valence-electron chi connectivity index (χ0n) is 11.3. The smallest absolute Gasteiger partial charge is 0.262 e. The van der Waals surface area contributed by atoms with E-state index >= 15 is 0 Å². The van der Waals surface area contributed by atoms with Crippen LogP contribution in [-0.2, 0) is 4.79 Å². The fraction of sp³-hybridized carbons (Fsp3) is 0.400. The number of benzene rings is 1. The van der Waals surface area contributed by atoms with Gasteiger partial charge >= 0.3 is 0 Å².